The van der Waals surface area contributed by atoms with Crippen LogP contribution in [-0.2, 0) is 4.79 Å². The molecule has 0 aliphatic heterocycles. The van der Waals surface area contributed by atoms with Crippen molar-refractivity contribution < 1.29 is 14.7 Å². The van der Waals surface area contributed by atoms with Crippen LogP contribution in [-0.4, -0.2) is 23.5 Å². The Labute approximate surface area is 140 Å². The number of benzene rings is 1. The fourth-order valence-corrected chi connectivity index (χ4v) is 3.30. The van der Waals surface area contributed by atoms with Crippen molar-refractivity contribution in [1.29, 1.82) is 0 Å². The maximum Gasteiger partial charge on any atom is 0.337 e. The van der Waals surface area contributed by atoms with E-state index in [1.807, 2.05) is 13.8 Å². The average Bonchev–Trinajstić information content (AvgIpc) is 2.37. The number of carboxylic acid groups (broad SMARTS) is 1. The average molecular weight is 422 g/mol. The lowest BCUT2D eigenvalue weighted by molar-refractivity contribution is -0.120. The third-order valence-electron chi connectivity index (χ3n) is 2.94. The number of halogens is 2. The molecule has 0 saturated carbocycles. The molecule has 1 rings (SSSR count). The Morgan fingerprint density at radius 3 is 2.43 bits per heavy atom. The highest BCUT2D eigenvalue weighted by Crippen LogP contribution is 2.31. The summed E-state index contributed by atoms with van der Waals surface area (Å²) in [5.74, 6) is -1.39. The van der Waals surface area contributed by atoms with E-state index in [1.165, 1.54) is 6.07 Å². The lowest BCUT2D eigenvalue weighted by Gasteiger charge is -2.18. The third-order valence-corrected chi connectivity index (χ3v) is 4.03. The molecule has 116 valence electrons. The fourth-order valence-electron chi connectivity index (χ4n) is 1.97. The Morgan fingerprint density at radius 2 is 1.95 bits per heavy atom. The van der Waals surface area contributed by atoms with Crippen LogP contribution < -0.4 is 11.1 Å². The monoisotopic (exact) mass is 420 g/mol. The van der Waals surface area contributed by atoms with E-state index >= 15 is 0 Å². The summed E-state index contributed by atoms with van der Waals surface area (Å²) < 4.78 is 1.12. The van der Waals surface area contributed by atoms with Crippen LogP contribution in [0.4, 0.5) is 5.69 Å². The second-order valence-corrected chi connectivity index (χ2v) is 6.94. The maximum atomic E-state index is 12.3. The van der Waals surface area contributed by atoms with Crippen LogP contribution in [0.25, 0.3) is 0 Å². The summed E-state index contributed by atoms with van der Waals surface area (Å²) in [7, 11) is 0. The second kappa shape index (κ2) is 7.91. The number of carboxylic acids is 1. The molecule has 0 heterocycles. The van der Waals surface area contributed by atoms with Gasteiger partial charge in [-0.1, -0.05) is 29.8 Å². The van der Waals surface area contributed by atoms with Crippen molar-refractivity contribution in [2.45, 2.75) is 20.3 Å². The van der Waals surface area contributed by atoms with Crippen LogP contribution in [0.5, 0.6) is 0 Å². The zero-order valence-electron chi connectivity index (χ0n) is 11.8. The van der Waals surface area contributed by atoms with Gasteiger partial charge in [0.15, 0.2) is 0 Å². The molecule has 0 bridgehead atoms. The molecule has 1 aromatic rings. The number of amides is 1. The van der Waals surface area contributed by atoms with Crippen molar-refractivity contribution in [2.75, 3.05) is 11.9 Å². The highest BCUT2D eigenvalue weighted by molar-refractivity contribution is 9.11. The largest absolute Gasteiger partial charge is 0.478 e. The van der Waals surface area contributed by atoms with Gasteiger partial charge in [-0.05, 0) is 40.4 Å². The predicted molar refractivity (Wildman–Crippen MR) is 89.4 cm³/mol. The summed E-state index contributed by atoms with van der Waals surface area (Å²) in [6.45, 7) is 4.24. The number of nitrogens with two attached hydrogens (primary N) is 1. The van der Waals surface area contributed by atoms with E-state index in [0.717, 1.165) is 0 Å². The van der Waals surface area contributed by atoms with E-state index in [0.29, 0.717) is 21.3 Å². The minimum Gasteiger partial charge on any atom is -0.478 e. The summed E-state index contributed by atoms with van der Waals surface area (Å²) in [5.41, 5.74) is 5.91. The lowest BCUT2D eigenvalue weighted by Crippen LogP contribution is -2.31. The van der Waals surface area contributed by atoms with Crippen molar-refractivity contribution in [1.82, 2.24) is 0 Å². The lowest BCUT2D eigenvalue weighted by atomic mass is 9.96. The van der Waals surface area contributed by atoms with Crippen molar-refractivity contribution in [3.63, 3.8) is 0 Å². The SMILES string of the molecule is CC(C)CC(CN)C(=O)Nc1c(Br)cc(Br)cc1C(=O)O. The normalized spacial score (nSPS) is 12.3. The molecule has 21 heavy (non-hydrogen) atoms. The summed E-state index contributed by atoms with van der Waals surface area (Å²) in [4.78, 5) is 23.6. The van der Waals surface area contributed by atoms with Crippen LogP contribution in [0, 0.1) is 11.8 Å². The first kappa shape index (κ1) is 18.1. The predicted octanol–water partition coefficient (Wildman–Crippen LogP) is 3.47. The molecule has 0 fully saturated rings. The molecular weight excluding hydrogens is 404 g/mol. The number of carbonyl (C=O) groups excluding carboxylic acids is 1. The zero-order valence-corrected chi connectivity index (χ0v) is 15.0. The van der Waals surface area contributed by atoms with Crippen LogP contribution >= 0.6 is 31.9 Å². The molecule has 7 heteroatoms. The summed E-state index contributed by atoms with van der Waals surface area (Å²) in [6, 6.07) is 3.13. The van der Waals surface area contributed by atoms with E-state index in [9.17, 15) is 14.7 Å². The highest BCUT2D eigenvalue weighted by Gasteiger charge is 2.22. The van der Waals surface area contributed by atoms with Crippen molar-refractivity contribution >= 4 is 49.4 Å². The van der Waals surface area contributed by atoms with Gasteiger partial charge in [0, 0.05) is 15.5 Å². The molecule has 0 aromatic heterocycles. The molecule has 0 aliphatic rings. The van der Waals surface area contributed by atoms with Crippen LogP contribution in [0.2, 0.25) is 0 Å². The molecule has 4 N–H and O–H groups in total. The number of carbonyl (C=O) groups is 2. The Morgan fingerprint density at radius 1 is 1.33 bits per heavy atom. The molecule has 1 aromatic carbocycles. The number of hydrogen-bond acceptors (Lipinski definition) is 3. The maximum absolute atomic E-state index is 12.3. The van der Waals surface area contributed by atoms with Gasteiger partial charge in [0.2, 0.25) is 5.91 Å². The molecular formula is C14H18Br2N2O3. The van der Waals surface area contributed by atoms with Crippen LogP contribution in [0.3, 0.4) is 0 Å². The van der Waals surface area contributed by atoms with E-state index in [2.05, 4.69) is 37.2 Å². The van der Waals surface area contributed by atoms with Crippen LogP contribution in [0.1, 0.15) is 30.6 Å². The van der Waals surface area contributed by atoms with Crippen LogP contribution in [0.15, 0.2) is 21.1 Å². The van der Waals surface area contributed by atoms with E-state index in [-0.39, 0.29) is 29.6 Å². The van der Waals surface area contributed by atoms with Gasteiger partial charge >= 0.3 is 5.97 Å². The molecule has 1 amide bonds. The third kappa shape index (κ3) is 5.09. The molecule has 0 spiro atoms. The first-order valence-electron chi connectivity index (χ1n) is 6.49. The molecule has 5 nitrogen and oxygen atoms in total. The highest BCUT2D eigenvalue weighted by atomic mass is 79.9. The first-order valence-corrected chi connectivity index (χ1v) is 8.08. The summed E-state index contributed by atoms with van der Waals surface area (Å²) >= 11 is 6.51. The number of aromatic carboxylic acids is 1. The van der Waals surface area contributed by atoms with Crippen molar-refractivity contribution in [2.24, 2.45) is 17.6 Å². The van der Waals surface area contributed by atoms with Gasteiger partial charge in [0.25, 0.3) is 0 Å². The standard InChI is InChI=1S/C14H18Br2N2O3/c1-7(2)3-8(6-17)13(19)18-12-10(14(20)21)4-9(15)5-11(12)16/h4-5,7-8H,3,6,17H2,1-2H3,(H,18,19)(H,20,21). The molecule has 1 unspecified atom stereocenters. The van der Waals surface area contributed by atoms with E-state index in [4.69, 9.17) is 5.73 Å². The Balaban J connectivity index is 3.06. The second-order valence-electron chi connectivity index (χ2n) is 5.17. The minimum atomic E-state index is -1.11. The first-order chi connectivity index (χ1) is 9.76. The van der Waals surface area contributed by atoms with Crippen molar-refractivity contribution in [3.05, 3.63) is 26.6 Å². The Bertz CT molecular complexity index is 547. The van der Waals surface area contributed by atoms with E-state index in [1.54, 1.807) is 6.07 Å². The van der Waals surface area contributed by atoms with Gasteiger partial charge in [-0.3, -0.25) is 4.79 Å². The van der Waals surface area contributed by atoms with Gasteiger partial charge in [-0.15, -0.1) is 0 Å². The molecule has 0 radical (unpaired) electrons. The minimum absolute atomic E-state index is 0.0184. The quantitative estimate of drug-likeness (QED) is 0.655. The summed E-state index contributed by atoms with van der Waals surface area (Å²) in [6.07, 6.45) is 0.652. The van der Waals surface area contributed by atoms with Gasteiger partial charge in [0.05, 0.1) is 17.2 Å². The Kier molecular flexibility index (Phi) is 6.83. The number of nitrogens with one attached hydrogen (secondary N) is 1. The molecule has 0 aliphatic carbocycles. The number of hydrogen-bond donors (Lipinski definition) is 3. The van der Waals surface area contributed by atoms with Gasteiger partial charge in [0.1, 0.15) is 0 Å². The molecule has 1 atom stereocenters. The zero-order chi connectivity index (χ0) is 16.2. The van der Waals surface area contributed by atoms with Crippen molar-refractivity contribution in [3.8, 4) is 0 Å². The van der Waals surface area contributed by atoms with Gasteiger partial charge in [-0.2, -0.15) is 0 Å². The van der Waals surface area contributed by atoms with Gasteiger partial charge < -0.3 is 16.2 Å². The fraction of sp³-hybridized carbons (Fsp3) is 0.429. The smallest absolute Gasteiger partial charge is 0.337 e. The molecule has 0 saturated heterocycles. The Hall–Kier alpha value is -0.920. The van der Waals surface area contributed by atoms with Gasteiger partial charge in [-0.25, -0.2) is 4.79 Å². The van der Waals surface area contributed by atoms with E-state index < -0.39 is 5.97 Å². The number of rotatable bonds is 6. The topological polar surface area (TPSA) is 92.4 Å². The number of anilines is 1. The summed E-state index contributed by atoms with van der Waals surface area (Å²) in [5, 5.41) is 11.9.